The molecule has 3 N–H and O–H groups in total. The van der Waals surface area contributed by atoms with Gasteiger partial charge in [-0.1, -0.05) is 35.9 Å². The Hall–Kier alpha value is -2.00. The van der Waals surface area contributed by atoms with Crippen molar-refractivity contribution < 1.29 is 4.79 Å². The van der Waals surface area contributed by atoms with Gasteiger partial charge in [-0.2, -0.15) is 0 Å². The molecule has 0 fully saturated rings. The normalized spacial score (nSPS) is 17.7. The van der Waals surface area contributed by atoms with Crippen molar-refractivity contribution in [1.29, 1.82) is 0 Å². The van der Waals surface area contributed by atoms with Crippen molar-refractivity contribution in [3.05, 3.63) is 52.7 Å². The van der Waals surface area contributed by atoms with Gasteiger partial charge in [0.15, 0.2) is 0 Å². The van der Waals surface area contributed by atoms with Crippen molar-refractivity contribution in [2.45, 2.75) is 5.92 Å². The number of aromatic nitrogens is 1. The molecule has 1 heterocycles. The van der Waals surface area contributed by atoms with E-state index in [1.54, 1.807) is 6.08 Å². The highest BCUT2D eigenvalue weighted by atomic mass is 35.5. The molecule has 2 aromatic rings. The van der Waals surface area contributed by atoms with Gasteiger partial charge in [-0.05, 0) is 18.2 Å². The number of allylic oxidation sites excluding steroid dienone is 2. The second-order valence-electron chi connectivity index (χ2n) is 4.27. The van der Waals surface area contributed by atoms with Gasteiger partial charge in [0.2, 0.25) is 5.91 Å². The third-order valence-corrected chi connectivity index (χ3v) is 3.36. The number of primary amides is 1. The van der Waals surface area contributed by atoms with Gasteiger partial charge < -0.3 is 10.7 Å². The van der Waals surface area contributed by atoms with Crippen LogP contribution in [0.5, 0.6) is 0 Å². The van der Waals surface area contributed by atoms with E-state index in [2.05, 4.69) is 4.98 Å². The SMILES string of the molecule is NC(=O)[C@H]1C=CC=Cc2c1[nH]c1ccc(Cl)cc21. The average molecular weight is 259 g/mol. The van der Waals surface area contributed by atoms with Crippen molar-refractivity contribution in [2.24, 2.45) is 5.73 Å². The molecule has 1 amide bonds. The monoisotopic (exact) mass is 258 g/mol. The minimum atomic E-state index is -0.429. The molecule has 1 aliphatic rings. The maximum absolute atomic E-state index is 11.5. The molecule has 4 heteroatoms. The Labute approximate surface area is 109 Å². The Morgan fingerprint density at radius 3 is 2.94 bits per heavy atom. The predicted molar refractivity (Wildman–Crippen MR) is 73.4 cm³/mol. The number of fused-ring (bicyclic) bond motifs is 3. The maximum atomic E-state index is 11.5. The van der Waals surface area contributed by atoms with Gasteiger partial charge in [0.1, 0.15) is 0 Å². The largest absolute Gasteiger partial charge is 0.369 e. The van der Waals surface area contributed by atoms with Crippen LogP contribution in [0.3, 0.4) is 0 Å². The molecule has 1 aliphatic carbocycles. The first-order valence-electron chi connectivity index (χ1n) is 5.62. The van der Waals surface area contributed by atoms with Crippen molar-refractivity contribution in [3.63, 3.8) is 0 Å². The lowest BCUT2D eigenvalue weighted by atomic mass is 10.0. The van der Waals surface area contributed by atoms with Crippen molar-refractivity contribution in [3.8, 4) is 0 Å². The molecule has 1 atom stereocenters. The third-order valence-electron chi connectivity index (χ3n) is 3.13. The zero-order valence-electron chi connectivity index (χ0n) is 9.48. The van der Waals surface area contributed by atoms with Gasteiger partial charge in [0.25, 0.3) is 0 Å². The number of rotatable bonds is 1. The Bertz CT molecular complexity index is 697. The molecule has 18 heavy (non-hydrogen) atoms. The Morgan fingerprint density at radius 2 is 2.17 bits per heavy atom. The van der Waals surface area contributed by atoms with Gasteiger partial charge in [0, 0.05) is 27.2 Å². The minimum Gasteiger partial charge on any atom is -0.369 e. The van der Waals surface area contributed by atoms with Gasteiger partial charge in [-0.25, -0.2) is 0 Å². The molecule has 0 saturated carbocycles. The molecular formula is C14H11ClN2O. The molecule has 1 aromatic heterocycles. The van der Waals surface area contributed by atoms with E-state index in [1.165, 1.54) is 0 Å². The first-order valence-corrected chi connectivity index (χ1v) is 6.00. The number of nitrogens with two attached hydrogens (primary N) is 1. The van der Waals surface area contributed by atoms with E-state index in [0.29, 0.717) is 5.02 Å². The van der Waals surface area contributed by atoms with Crippen molar-refractivity contribution in [1.82, 2.24) is 4.98 Å². The molecule has 1 aromatic carbocycles. The Balaban J connectivity index is 2.32. The van der Waals surface area contributed by atoms with Crippen LogP contribution in [-0.4, -0.2) is 10.9 Å². The summed E-state index contributed by atoms with van der Waals surface area (Å²) in [4.78, 5) is 14.8. The van der Waals surface area contributed by atoms with Crippen LogP contribution in [0.4, 0.5) is 0 Å². The van der Waals surface area contributed by atoms with Gasteiger partial charge in [-0.15, -0.1) is 0 Å². The molecule has 0 bridgehead atoms. The zero-order valence-corrected chi connectivity index (χ0v) is 10.2. The van der Waals surface area contributed by atoms with Gasteiger partial charge >= 0.3 is 0 Å². The first-order chi connectivity index (χ1) is 8.66. The fourth-order valence-electron chi connectivity index (χ4n) is 2.29. The summed E-state index contributed by atoms with van der Waals surface area (Å²) in [5.41, 5.74) is 8.19. The van der Waals surface area contributed by atoms with E-state index in [-0.39, 0.29) is 5.91 Å². The zero-order chi connectivity index (χ0) is 12.7. The number of aromatic amines is 1. The third kappa shape index (κ3) is 1.64. The highest BCUT2D eigenvalue weighted by Gasteiger charge is 2.22. The summed E-state index contributed by atoms with van der Waals surface area (Å²) in [5.74, 6) is -0.796. The highest BCUT2D eigenvalue weighted by molar-refractivity contribution is 6.31. The lowest BCUT2D eigenvalue weighted by Gasteiger charge is -2.06. The van der Waals surface area contributed by atoms with Crippen LogP contribution < -0.4 is 5.73 Å². The fraction of sp³-hybridized carbons (Fsp3) is 0.0714. The van der Waals surface area contributed by atoms with Crippen molar-refractivity contribution in [2.75, 3.05) is 0 Å². The topological polar surface area (TPSA) is 58.9 Å². The standard InChI is InChI=1S/C14H11ClN2O/c15-8-5-6-12-11(7-8)9-3-1-2-4-10(14(16)18)13(9)17-12/h1-7,10,17H,(H2,16,18)/t10-/m0/s1. The number of hydrogen-bond donors (Lipinski definition) is 2. The van der Waals surface area contributed by atoms with Crippen LogP contribution >= 0.6 is 11.6 Å². The molecule has 0 radical (unpaired) electrons. The highest BCUT2D eigenvalue weighted by Crippen LogP contribution is 2.32. The number of amides is 1. The Kier molecular flexibility index (Phi) is 2.49. The smallest absolute Gasteiger partial charge is 0.230 e. The van der Waals surface area contributed by atoms with E-state index >= 15 is 0 Å². The number of halogens is 1. The number of H-pyrrole nitrogens is 1. The van der Waals surface area contributed by atoms with Crippen LogP contribution in [0.1, 0.15) is 17.2 Å². The summed E-state index contributed by atoms with van der Waals surface area (Å²) < 4.78 is 0. The van der Waals surface area contributed by atoms with Crippen LogP contribution in [0.2, 0.25) is 5.02 Å². The quantitative estimate of drug-likeness (QED) is 0.812. The Morgan fingerprint density at radius 1 is 1.33 bits per heavy atom. The van der Waals surface area contributed by atoms with Crippen LogP contribution in [0, 0.1) is 0 Å². The van der Waals surface area contributed by atoms with Gasteiger partial charge in [0.05, 0.1) is 5.92 Å². The van der Waals surface area contributed by atoms with E-state index in [4.69, 9.17) is 17.3 Å². The summed E-state index contributed by atoms with van der Waals surface area (Å²) in [6.07, 6.45) is 7.49. The summed E-state index contributed by atoms with van der Waals surface area (Å²) in [7, 11) is 0. The molecule has 3 nitrogen and oxygen atoms in total. The molecule has 0 spiro atoms. The number of carbonyl (C=O) groups excluding carboxylic acids is 1. The second-order valence-corrected chi connectivity index (χ2v) is 4.70. The summed E-state index contributed by atoms with van der Waals surface area (Å²) in [5, 5.41) is 1.68. The van der Waals surface area contributed by atoms with Crippen molar-refractivity contribution >= 4 is 34.5 Å². The molecule has 0 aliphatic heterocycles. The molecule has 0 unspecified atom stereocenters. The van der Waals surface area contributed by atoms with Crippen LogP contribution in [0.15, 0.2) is 36.4 Å². The molecule has 90 valence electrons. The predicted octanol–water partition coefficient (Wildman–Crippen LogP) is 2.97. The second kappa shape index (κ2) is 4.03. The molecule has 3 rings (SSSR count). The number of nitrogens with one attached hydrogen (secondary N) is 1. The number of carbonyl (C=O) groups is 1. The number of hydrogen-bond acceptors (Lipinski definition) is 1. The van der Waals surface area contributed by atoms with E-state index < -0.39 is 5.92 Å². The lowest BCUT2D eigenvalue weighted by molar-refractivity contribution is -0.118. The molecule has 0 saturated heterocycles. The first kappa shape index (κ1) is 11.1. The fourth-order valence-corrected chi connectivity index (χ4v) is 2.46. The maximum Gasteiger partial charge on any atom is 0.230 e. The van der Waals surface area contributed by atoms with Gasteiger partial charge in [-0.3, -0.25) is 4.79 Å². The minimum absolute atomic E-state index is 0.367. The summed E-state index contributed by atoms with van der Waals surface area (Å²) in [6.45, 7) is 0. The number of benzene rings is 1. The molecular weight excluding hydrogens is 248 g/mol. The van der Waals surface area contributed by atoms with E-state index in [9.17, 15) is 4.79 Å². The summed E-state index contributed by atoms with van der Waals surface area (Å²) >= 11 is 6.01. The van der Waals surface area contributed by atoms with Crippen LogP contribution in [0.25, 0.3) is 17.0 Å². The van der Waals surface area contributed by atoms with E-state index in [0.717, 1.165) is 22.2 Å². The average Bonchev–Trinajstić information content (AvgIpc) is 2.55. The van der Waals surface area contributed by atoms with E-state index in [1.807, 2.05) is 36.4 Å². The summed E-state index contributed by atoms with van der Waals surface area (Å²) in [6, 6.07) is 5.61. The lowest BCUT2D eigenvalue weighted by Crippen LogP contribution is -2.20. The van der Waals surface area contributed by atoms with Crippen LogP contribution in [-0.2, 0) is 4.79 Å².